The van der Waals surface area contributed by atoms with E-state index in [4.69, 9.17) is 16.7 Å². The normalized spacial score (nSPS) is 12.2. The first-order valence-corrected chi connectivity index (χ1v) is 11.3. The summed E-state index contributed by atoms with van der Waals surface area (Å²) in [4.78, 5) is 0. The zero-order valence-corrected chi connectivity index (χ0v) is 18.1. The van der Waals surface area contributed by atoms with Gasteiger partial charge < -0.3 is 13.4 Å². The first kappa shape index (κ1) is 18.0. The Morgan fingerprint density at radius 2 is 1.03 bits per heavy atom. The summed E-state index contributed by atoms with van der Waals surface area (Å²) in [6.45, 7) is 0. The van der Waals surface area contributed by atoms with Gasteiger partial charge in [-0.2, -0.15) is 0 Å². The molecule has 0 N–H and O–H groups in total. The van der Waals surface area contributed by atoms with Gasteiger partial charge in [-0.3, -0.25) is 0 Å². The SMILES string of the molecule is [B]c1ccc2oc3cc4oc5ccc(-n6c7ccccc7c7ccccc76)cc5c4cc3c2c1. The summed E-state index contributed by atoms with van der Waals surface area (Å²) in [6.07, 6.45) is 0. The molecule has 8 rings (SSSR count). The molecular formula is C30H16BNO2. The highest BCUT2D eigenvalue weighted by Gasteiger charge is 2.16. The average molecular weight is 433 g/mol. The van der Waals surface area contributed by atoms with Crippen LogP contribution in [-0.4, -0.2) is 12.4 Å². The van der Waals surface area contributed by atoms with E-state index in [0.717, 1.165) is 55.0 Å². The molecule has 4 heteroatoms. The monoisotopic (exact) mass is 433 g/mol. The van der Waals surface area contributed by atoms with E-state index in [1.807, 2.05) is 24.3 Å². The van der Waals surface area contributed by atoms with E-state index in [2.05, 4.69) is 77.4 Å². The van der Waals surface area contributed by atoms with Crippen LogP contribution < -0.4 is 5.46 Å². The van der Waals surface area contributed by atoms with Gasteiger partial charge in [0.1, 0.15) is 30.2 Å². The van der Waals surface area contributed by atoms with E-state index in [9.17, 15) is 0 Å². The van der Waals surface area contributed by atoms with Crippen LogP contribution in [0.25, 0.3) is 71.4 Å². The molecule has 3 nitrogen and oxygen atoms in total. The molecule has 2 radical (unpaired) electrons. The lowest BCUT2D eigenvalue weighted by Crippen LogP contribution is -1.98. The van der Waals surface area contributed by atoms with Crippen LogP contribution in [-0.2, 0) is 0 Å². The van der Waals surface area contributed by atoms with E-state index in [1.54, 1.807) is 0 Å². The van der Waals surface area contributed by atoms with Gasteiger partial charge in [-0.05, 0) is 42.5 Å². The van der Waals surface area contributed by atoms with E-state index >= 15 is 0 Å². The first-order valence-electron chi connectivity index (χ1n) is 11.3. The number of para-hydroxylation sites is 2. The summed E-state index contributed by atoms with van der Waals surface area (Å²) >= 11 is 0. The number of hydrogen-bond donors (Lipinski definition) is 0. The molecule has 0 aliphatic rings. The molecule has 0 spiro atoms. The molecular weight excluding hydrogens is 417 g/mol. The fourth-order valence-electron chi connectivity index (χ4n) is 5.39. The molecule has 0 saturated carbocycles. The number of nitrogens with zero attached hydrogens (tertiary/aromatic N) is 1. The molecule has 0 unspecified atom stereocenters. The van der Waals surface area contributed by atoms with E-state index in [1.165, 1.54) is 21.8 Å². The Morgan fingerprint density at radius 1 is 0.471 bits per heavy atom. The van der Waals surface area contributed by atoms with Crippen LogP contribution in [0, 0.1) is 0 Å². The van der Waals surface area contributed by atoms with Crippen LogP contribution in [0.1, 0.15) is 0 Å². The lowest BCUT2D eigenvalue weighted by Gasteiger charge is -2.07. The first-order chi connectivity index (χ1) is 16.7. The molecule has 0 amide bonds. The van der Waals surface area contributed by atoms with Crippen LogP contribution in [0.15, 0.2) is 106 Å². The van der Waals surface area contributed by atoms with Crippen molar-refractivity contribution in [3.05, 3.63) is 97.1 Å². The van der Waals surface area contributed by atoms with E-state index < -0.39 is 0 Å². The third-order valence-electron chi connectivity index (χ3n) is 6.91. The van der Waals surface area contributed by atoms with Gasteiger partial charge in [-0.1, -0.05) is 54.0 Å². The lowest BCUT2D eigenvalue weighted by molar-refractivity contribution is 0.656. The van der Waals surface area contributed by atoms with Crippen molar-refractivity contribution in [1.29, 1.82) is 0 Å². The van der Waals surface area contributed by atoms with Gasteiger partial charge in [-0.25, -0.2) is 0 Å². The number of rotatable bonds is 1. The Bertz CT molecular complexity index is 2040. The van der Waals surface area contributed by atoms with Crippen molar-refractivity contribution in [2.45, 2.75) is 0 Å². The van der Waals surface area contributed by atoms with Gasteiger partial charge in [0.2, 0.25) is 0 Å². The molecule has 8 aromatic rings. The van der Waals surface area contributed by atoms with Gasteiger partial charge in [0.25, 0.3) is 0 Å². The highest BCUT2D eigenvalue weighted by molar-refractivity contribution is 6.33. The number of furan rings is 2. The highest BCUT2D eigenvalue weighted by atomic mass is 16.3. The quantitative estimate of drug-likeness (QED) is 0.253. The molecule has 34 heavy (non-hydrogen) atoms. The minimum absolute atomic E-state index is 0.723. The van der Waals surface area contributed by atoms with Crippen molar-refractivity contribution in [1.82, 2.24) is 4.57 Å². The van der Waals surface area contributed by atoms with E-state index in [-0.39, 0.29) is 0 Å². The summed E-state index contributed by atoms with van der Waals surface area (Å²) in [5.41, 5.74) is 7.51. The summed E-state index contributed by atoms with van der Waals surface area (Å²) in [5, 5.41) is 6.70. The van der Waals surface area contributed by atoms with Crippen molar-refractivity contribution in [2.75, 3.05) is 0 Å². The molecule has 156 valence electrons. The van der Waals surface area contributed by atoms with Crippen LogP contribution in [0.3, 0.4) is 0 Å². The smallest absolute Gasteiger partial charge is 0.139 e. The minimum atomic E-state index is 0.723. The van der Waals surface area contributed by atoms with Gasteiger partial charge in [0.15, 0.2) is 0 Å². The van der Waals surface area contributed by atoms with Crippen LogP contribution >= 0.6 is 0 Å². The lowest BCUT2D eigenvalue weighted by atomic mass is 9.94. The summed E-state index contributed by atoms with van der Waals surface area (Å²) in [6, 6.07) is 33.4. The van der Waals surface area contributed by atoms with Gasteiger partial charge in [0, 0.05) is 44.1 Å². The third-order valence-corrected chi connectivity index (χ3v) is 6.91. The topological polar surface area (TPSA) is 31.2 Å². The minimum Gasteiger partial charge on any atom is -0.456 e. The van der Waals surface area contributed by atoms with E-state index in [0.29, 0.717) is 0 Å². The Morgan fingerprint density at radius 3 is 1.71 bits per heavy atom. The standard InChI is InChI=1S/C30H16BNO2/c31-17-9-11-27-21(13-17)23-15-24-22-14-18(10-12-28(22)34-30(24)16-29(23)33-27)32-25-7-3-1-5-19(25)20-6-2-4-8-26(20)32/h1-16H. The van der Waals surface area contributed by atoms with Crippen LogP contribution in [0.2, 0.25) is 0 Å². The Kier molecular flexibility index (Phi) is 3.36. The van der Waals surface area contributed by atoms with Crippen molar-refractivity contribution in [2.24, 2.45) is 0 Å². The molecule has 0 fully saturated rings. The maximum absolute atomic E-state index is 6.23. The highest BCUT2D eigenvalue weighted by Crippen LogP contribution is 2.38. The molecule has 0 saturated heterocycles. The Hall–Kier alpha value is -4.44. The molecule has 3 aromatic heterocycles. The number of aromatic nitrogens is 1. The number of benzene rings is 5. The summed E-state index contributed by atoms with van der Waals surface area (Å²) in [7, 11) is 6.06. The third kappa shape index (κ3) is 2.32. The zero-order valence-electron chi connectivity index (χ0n) is 18.1. The number of fused-ring (bicyclic) bond motifs is 9. The predicted molar refractivity (Wildman–Crippen MR) is 141 cm³/mol. The van der Waals surface area contributed by atoms with Crippen molar-refractivity contribution < 1.29 is 8.83 Å². The van der Waals surface area contributed by atoms with Crippen molar-refractivity contribution >= 4 is 79.0 Å². The van der Waals surface area contributed by atoms with Crippen LogP contribution in [0.5, 0.6) is 0 Å². The number of hydrogen-bond acceptors (Lipinski definition) is 2. The molecule has 3 heterocycles. The molecule has 0 atom stereocenters. The largest absolute Gasteiger partial charge is 0.456 e. The van der Waals surface area contributed by atoms with Crippen molar-refractivity contribution in [3.63, 3.8) is 0 Å². The molecule has 0 aliphatic heterocycles. The second-order valence-corrected chi connectivity index (χ2v) is 8.85. The predicted octanol–water partition coefficient (Wildman–Crippen LogP) is 7.38. The van der Waals surface area contributed by atoms with Crippen LogP contribution in [0.4, 0.5) is 0 Å². The Balaban J connectivity index is 1.46. The average Bonchev–Trinajstić information content (AvgIpc) is 3.51. The molecule has 0 aliphatic carbocycles. The maximum atomic E-state index is 6.23. The fraction of sp³-hybridized carbons (Fsp3) is 0. The maximum Gasteiger partial charge on any atom is 0.139 e. The summed E-state index contributed by atoms with van der Waals surface area (Å²) < 4.78 is 14.6. The zero-order chi connectivity index (χ0) is 22.4. The van der Waals surface area contributed by atoms with Gasteiger partial charge >= 0.3 is 0 Å². The second kappa shape index (κ2) is 6.33. The Labute approximate surface area is 195 Å². The molecule has 5 aromatic carbocycles. The summed E-state index contributed by atoms with van der Waals surface area (Å²) in [5.74, 6) is 0. The van der Waals surface area contributed by atoms with Crippen molar-refractivity contribution in [3.8, 4) is 5.69 Å². The van der Waals surface area contributed by atoms with Gasteiger partial charge in [-0.15, -0.1) is 0 Å². The van der Waals surface area contributed by atoms with Gasteiger partial charge in [0.05, 0.1) is 11.0 Å². The molecule has 0 bridgehead atoms. The second-order valence-electron chi connectivity index (χ2n) is 8.85. The fourth-order valence-corrected chi connectivity index (χ4v) is 5.39.